The number of carbonyl (C=O) groups is 3. The number of nitrogens with zero attached hydrogens (tertiary/aromatic N) is 1. The van der Waals surface area contributed by atoms with E-state index < -0.39 is 52.1 Å². The molecule has 0 saturated carbocycles. The van der Waals surface area contributed by atoms with E-state index in [1.807, 2.05) is 0 Å². The molecule has 0 radical (unpaired) electrons. The number of hydrogen-bond donors (Lipinski definition) is 0. The highest BCUT2D eigenvalue weighted by Gasteiger charge is 2.49. The number of aryl methyl sites for hydroxylation is 1. The van der Waals surface area contributed by atoms with E-state index in [9.17, 15) is 27.2 Å². The van der Waals surface area contributed by atoms with Crippen LogP contribution in [0.25, 0.3) is 0 Å². The van der Waals surface area contributed by atoms with Gasteiger partial charge in [0.15, 0.2) is 11.7 Å². The number of methoxy groups -OCH3 is 2. The Morgan fingerprint density at radius 3 is 2.19 bits per heavy atom. The molecule has 8 nitrogen and oxygen atoms in total. The zero-order valence-electron chi connectivity index (χ0n) is 17.0. The average Bonchev–Trinajstić information content (AvgIpc) is 2.74. The second-order valence-corrected chi connectivity index (χ2v) is 8.88. The summed E-state index contributed by atoms with van der Waals surface area (Å²) in [4.78, 5) is 37.6. The first-order valence-electron chi connectivity index (χ1n) is 9.18. The maximum atomic E-state index is 14.1. The zero-order valence-corrected chi connectivity index (χ0v) is 17.8. The van der Waals surface area contributed by atoms with Gasteiger partial charge < -0.3 is 9.47 Å². The van der Waals surface area contributed by atoms with Gasteiger partial charge in [-0.05, 0) is 42.8 Å². The third-order valence-electron chi connectivity index (χ3n) is 5.10. The Hall–Kier alpha value is -3.11. The van der Waals surface area contributed by atoms with E-state index in [-0.39, 0.29) is 16.0 Å². The zero-order chi connectivity index (χ0) is 22.9. The van der Waals surface area contributed by atoms with E-state index in [1.165, 1.54) is 18.2 Å². The van der Waals surface area contributed by atoms with Crippen LogP contribution in [0.3, 0.4) is 0 Å². The van der Waals surface area contributed by atoms with Gasteiger partial charge in [0, 0.05) is 5.56 Å². The summed E-state index contributed by atoms with van der Waals surface area (Å²) in [5.41, 5.74) is 0.701. The third kappa shape index (κ3) is 4.08. The molecule has 1 aliphatic heterocycles. The number of Topliss-reactive ketones (excluding diaryl/α,β-unsaturated/α-hetero) is 1. The fourth-order valence-corrected chi connectivity index (χ4v) is 5.12. The fraction of sp³-hybridized carbons (Fsp3) is 0.286. The van der Waals surface area contributed by atoms with Crippen LogP contribution in [0.5, 0.6) is 0 Å². The second kappa shape index (κ2) is 8.56. The number of fused-ring (bicyclic) bond motifs is 1. The number of rotatable bonds is 5. The molecule has 0 aliphatic carbocycles. The lowest BCUT2D eigenvalue weighted by molar-refractivity contribution is -0.161. The molecule has 1 unspecified atom stereocenters. The maximum absolute atomic E-state index is 14.1. The van der Waals surface area contributed by atoms with Crippen LogP contribution >= 0.6 is 0 Å². The van der Waals surface area contributed by atoms with E-state index in [1.54, 1.807) is 19.1 Å². The van der Waals surface area contributed by atoms with Crippen molar-refractivity contribution < 1.29 is 36.7 Å². The molecule has 2 aromatic rings. The molecule has 1 aliphatic rings. The van der Waals surface area contributed by atoms with Gasteiger partial charge in [0.2, 0.25) is 10.0 Å². The average molecular weight is 449 g/mol. The number of benzene rings is 2. The number of halogens is 1. The minimum Gasteiger partial charge on any atom is -0.468 e. The standard InChI is InChI=1S/C21H20FNO7S/c1-12-4-7-14(8-5-12)31(27,28)23-11-17(24)15-9-6-13(22)10-16(15)19(23)18(20(25)29-2)21(26)30-3/h4-10,18-19H,11H2,1-3H3. The maximum Gasteiger partial charge on any atom is 0.322 e. The lowest BCUT2D eigenvalue weighted by Crippen LogP contribution is -2.49. The van der Waals surface area contributed by atoms with Crippen molar-refractivity contribution in [1.82, 2.24) is 4.31 Å². The van der Waals surface area contributed by atoms with Crippen molar-refractivity contribution in [1.29, 1.82) is 0 Å². The van der Waals surface area contributed by atoms with Crippen LogP contribution in [0.4, 0.5) is 4.39 Å². The van der Waals surface area contributed by atoms with Crippen molar-refractivity contribution >= 4 is 27.7 Å². The molecule has 0 aromatic heterocycles. The topological polar surface area (TPSA) is 107 Å². The number of ketones is 1. The van der Waals surface area contributed by atoms with E-state index in [4.69, 9.17) is 9.47 Å². The Kier molecular flexibility index (Phi) is 6.23. The Morgan fingerprint density at radius 2 is 1.65 bits per heavy atom. The number of esters is 2. The van der Waals surface area contributed by atoms with Crippen molar-refractivity contribution in [3.63, 3.8) is 0 Å². The van der Waals surface area contributed by atoms with Crippen molar-refractivity contribution in [2.75, 3.05) is 20.8 Å². The Morgan fingerprint density at radius 1 is 1.06 bits per heavy atom. The Balaban J connectivity index is 2.28. The molecule has 0 fully saturated rings. The van der Waals surface area contributed by atoms with Gasteiger partial charge in [-0.25, -0.2) is 12.8 Å². The smallest absolute Gasteiger partial charge is 0.322 e. The van der Waals surface area contributed by atoms with Gasteiger partial charge in [0.05, 0.1) is 31.7 Å². The molecule has 0 saturated heterocycles. The molecule has 3 rings (SSSR count). The fourth-order valence-electron chi connectivity index (χ4n) is 3.55. The molecule has 1 atom stereocenters. The summed E-state index contributed by atoms with van der Waals surface area (Å²) in [6.45, 7) is 1.12. The first-order valence-corrected chi connectivity index (χ1v) is 10.6. The summed E-state index contributed by atoms with van der Waals surface area (Å²) >= 11 is 0. The van der Waals surface area contributed by atoms with E-state index in [2.05, 4.69) is 0 Å². The predicted molar refractivity (Wildman–Crippen MR) is 106 cm³/mol. The van der Waals surface area contributed by atoms with Crippen molar-refractivity contribution in [3.05, 3.63) is 65.0 Å². The summed E-state index contributed by atoms with van der Waals surface area (Å²) < 4.78 is 51.1. The quantitative estimate of drug-likeness (QED) is 0.508. The van der Waals surface area contributed by atoms with Crippen molar-refractivity contribution in [2.24, 2.45) is 5.92 Å². The van der Waals surface area contributed by atoms with E-state index >= 15 is 0 Å². The van der Waals surface area contributed by atoms with Crippen LogP contribution < -0.4 is 0 Å². The highest BCUT2D eigenvalue weighted by atomic mass is 32.2. The van der Waals surface area contributed by atoms with Crippen molar-refractivity contribution in [3.8, 4) is 0 Å². The number of ether oxygens (including phenoxy) is 2. The van der Waals surface area contributed by atoms with Gasteiger partial charge >= 0.3 is 11.9 Å². The van der Waals surface area contributed by atoms with Crippen LogP contribution in [-0.2, 0) is 29.1 Å². The van der Waals surface area contributed by atoms with Crippen LogP contribution in [0.2, 0.25) is 0 Å². The van der Waals surface area contributed by atoms with Crippen LogP contribution in [0.15, 0.2) is 47.4 Å². The van der Waals surface area contributed by atoms with Gasteiger partial charge in [0.1, 0.15) is 5.82 Å². The summed E-state index contributed by atoms with van der Waals surface area (Å²) in [6.07, 6.45) is 0. The highest BCUT2D eigenvalue weighted by molar-refractivity contribution is 7.89. The molecular formula is C21H20FNO7S. The largest absolute Gasteiger partial charge is 0.468 e. The summed E-state index contributed by atoms with van der Waals surface area (Å²) in [5, 5.41) is 0. The predicted octanol–water partition coefficient (Wildman–Crippen LogP) is 2.02. The van der Waals surface area contributed by atoms with Gasteiger partial charge in [-0.3, -0.25) is 14.4 Å². The molecular weight excluding hydrogens is 429 g/mol. The third-order valence-corrected chi connectivity index (χ3v) is 6.94. The van der Waals surface area contributed by atoms with Crippen LogP contribution in [-0.4, -0.2) is 51.2 Å². The van der Waals surface area contributed by atoms with Crippen LogP contribution in [0, 0.1) is 18.7 Å². The van der Waals surface area contributed by atoms with Crippen molar-refractivity contribution in [2.45, 2.75) is 17.9 Å². The summed E-state index contributed by atoms with van der Waals surface area (Å²) in [5.74, 6) is -5.30. The monoisotopic (exact) mass is 449 g/mol. The molecule has 1 heterocycles. The van der Waals surface area contributed by atoms with Gasteiger partial charge in [0.25, 0.3) is 0 Å². The van der Waals surface area contributed by atoms with Gasteiger partial charge in [-0.2, -0.15) is 4.31 Å². The first-order chi connectivity index (χ1) is 14.6. The lowest BCUT2D eigenvalue weighted by atomic mass is 9.85. The van der Waals surface area contributed by atoms with Gasteiger partial charge in [-0.15, -0.1) is 0 Å². The molecule has 31 heavy (non-hydrogen) atoms. The minimum absolute atomic E-state index is 0.0135. The Bertz CT molecular complexity index is 1130. The number of sulfonamides is 1. The molecule has 2 aromatic carbocycles. The molecule has 10 heteroatoms. The Labute approximate surface area is 178 Å². The summed E-state index contributed by atoms with van der Waals surface area (Å²) in [6, 6.07) is 7.46. The van der Waals surface area contributed by atoms with Gasteiger partial charge in [-0.1, -0.05) is 17.7 Å². The lowest BCUT2D eigenvalue weighted by Gasteiger charge is -2.37. The molecule has 0 spiro atoms. The van der Waals surface area contributed by atoms with E-state index in [0.29, 0.717) is 0 Å². The number of hydrogen-bond acceptors (Lipinski definition) is 7. The van der Waals surface area contributed by atoms with E-state index in [0.717, 1.165) is 36.2 Å². The van der Waals surface area contributed by atoms with Crippen LogP contribution in [0.1, 0.15) is 27.5 Å². The first kappa shape index (κ1) is 22.6. The second-order valence-electron chi connectivity index (χ2n) is 6.99. The normalized spacial score (nSPS) is 16.7. The molecule has 0 bridgehead atoms. The molecule has 0 N–H and O–H groups in total. The molecule has 0 amide bonds. The molecule has 164 valence electrons. The number of carbonyl (C=O) groups excluding carboxylic acids is 3. The highest BCUT2D eigenvalue weighted by Crippen LogP contribution is 2.40. The SMILES string of the molecule is COC(=O)C(C(=O)OC)C1c2cc(F)ccc2C(=O)CN1S(=O)(=O)c1ccc(C)cc1. The summed E-state index contributed by atoms with van der Waals surface area (Å²) in [7, 11) is -2.32. The minimum atomic E-state index is -4.37.